The van der Waals surface area contributed by atoms with Crippen LogP contribution >= 0.6 is 0 Å². The fraction of sp³-hybridized carbons (Fsp3) is 0.333. The van der Waals surface area contributed by atoms with Gasteiger partial charge in [0.05, 0.1) is 0 Å². The fourth-order valence-electron chi connectivity index (χ4n) is 5.84. The van der Waals surface area contributed by atoms with Crippen LogP contribution in [0.5, 0.6) is 0 Å². The highest BCUT2D eigenvalue weighted by Crippen LogP contribution is 2.23. The first-order valence-corrected chi connectivity index (χ1v) is 19.7. The van der Waals surface area contributed by atoms with Gasteiger partial charge in [-0.2, -0.15) is 8.42 Å². The Morgan fingerprint density at radius 3 is 2.09 bits per heavy atom. The van der Waals surface area contributed by atoms with E-state index in [1.807, 2.05) is 26.0 Å². The van der Waals surface area contributed by atoms with Crippen LogP contribution in [0, 0.1) is 5.92 Å². The summed E-state index contributed by atoms with van der Waals surface area (Å²) in [5.41, 5.74) is 11.6. The van der Waals surface area contributed by atoms with E-state index in [9.17, 15) is 36.9 Å². The predicted octanol–water partition coefficient (Wildman–Crippen LogP) is 2.73. The molecule has 0 saturated carbocycles. The molecule has 304 valence electrons. The van der Waals surface area contributed by atoms with Crippen molar-refractivity contribution in [2.45, 2.75) is 70.0 Å². The molecule has 3 aromatic carbocycles. The molecule has 18 heteroatoms. The summed E-state index contributed by atoms with van der Waals surface area (Å²) in [6.45, 7) is 3.82. The Balaban J connectivity index is 1.54. The summed E-state index contributed by atoms with van der Waals surface area (Å²) in [7, 11) is -4.48. The topological polar surface area (TPSA) is 275 Å². The molecule has 4 amide bonds. The van der Waals surface area contributed by atoms with E-state index >= 15 is 0 Å². The van der Waals surface area contributed by atoms with E-state index in [2.05, 4.69) is 26.3 Å². The van der Waals surface area contributed by atoms with Crippen molar-refractivity contribution >= 4 is 56.5 Å². The van der Waals surface area contributed by atoms with Crippen LogP contribution < -0.4 is 38.4 Å². The molecule has 0 unspecified atom stereocenters. The van der Waals surface area contributed by atoms with Crippen LogP contribution in [0.1, 0.15) is 49.8 Å². The maximum Gasteiger partial charge on any atom is 0.408 e. The van der Waals surface area contributed by atoms with E-state index in [1.165, 1.54) is 18.2 Å². The molecule has 4 rings (SSSR count). The molecule has 1 aromatic heterocycles. The molecule has 0 radical (unpaired) electrons. The number of nitrogens with zero attached hydrogens (tertiary/aromatic N) is 1. The minimum Gasteiger partial charge on any atom is -0.445 e. The monoisotopic (exact) mass is 805 g/mol. The largest absolute Gasteiger partial charge is 0.445 e. The van der Waals surface area contributed by atoms with E-state index in [-0.39, 0.29) is 72.9 Å². The van der Waals surface area contributed by atoms with Crippen molar-refractivity contribution in [3.05, 3.63) is 112 Å². The average molecular weight is 806 g/mol. The standard InChI is InChI=1S/C39H47N7O10S/c1-24(2)18-31(45-37(50)32(19-25-10-5-3-6-11-25)46-39(51)55-22-26-12-7-4-8-13-26)36(49)44-30(14-9-17-42-38(40)41)35(48)43-28-15-16-29-27(23-57(52,53)54)20-34(47)56-33(29)21-28/h3-8,10-13,15-16,20-21,24,30-32H,9,14,17-19,22-23H2,1-2H3,(H,43,48)(H,44,49)(H,45,50)(H,46,51)(H4,40,41,42)(H,52,53,54)/t30-,31-,32-/m0/s1. The maximum absolute atomic E-state index is 13.9. The molecule has 0 aliphatic rings. The van der Waals surface area contributed by atoms with Crippen molar-refractivity contribution in [3.8, 4) is 0 Å². The van der Waals surface area contributed by atoms with E-state index in [0.717, 1.165) is 17.2 Å². The van der Waals surface area contributed by atoms with Gasteiger partial charge in [-0.1, -0.05) is 74.5 Å². The number of carbonyl (C=O) groups is 4. The Labute approximate surface area is 329 Å². The number of nitrogens with two attached hydrogens (primary N) is 2. The molecule has 0 saturated heterocycles. The third-order valence-electron chi connectivity index (χ3n) is 8.46. The van der Waals surface area contributed by atoms with Crippen molar-refractivity contribution in [2.24, 2.45) is 22.4 Å². The lowest BCUT2D eigenvalue weighted by molar-refractivity contribution is -0.132. The van der Waals surface area contributed by atoms with Crippen LogP contribution in [0.15, 0.2) is 99.1 Å². The SMILES string of the molecule is CC(C)C[C@H](NC(=O)[C@H](Cc1ccccc1)NC(=O)OCc1ccccc1)C(=O)N[C@@H](CCCN=C(N)N)C(=O)Nc1ccc2c(CS(=O)(=O)O)cc(=O)oc2c1. The van der Waals surface area contributed by atoms with Gasteiger partial charge in [-0.15, -0.1) is 0 Å². The fourth-order valence-corrected chi connectivity index (χ4v) is 6.47. The number of ether oxygens (including phenoxy) is 1. The van der Waals surface area contributed by atoms with Gasteiger partial charge in [0.1, 0.15) is 36.1 Å². The number of hydrogen-bond acceptors (Lipinski definition) is 10. The molecular formula is C39H47N7O10S. The van der Waals surface area contributed by atoms with Gasteiger partial charge in [0, 0.05) is 36.2 Å². The van der Waals surface area contributed by atoms with E-state index in [0.29, 0.717) is 0 Å². The minimum absolute atomic E-state index is 0.00461. The number of hydrogen-bond donors (Lipinski definition) is 7. The second-order valence-corrected chi connectivity index (χ2v) is 15.1. The number of amides is 4. The summed E-state index contributed by atoms with van der Waals surface area (Å²) in [6, 6.07) is 19.6. The van der Waals surface area contributed by atoms with E-state index in [4.69, 9.17) is 20.6 Å². The Morgan fingerprint density at radius 2 is 1.46 bits per heavy atom. The molecule has 4 aromatic rings. The minimum atomic E-state index is -4.48. The number of aliphatic imine (C=N–C) groups is 1. The summed E-state index contributed by atoms with van der Waals surface area (Å²) in [5.74, 6) is -3.10. The normalized spacial score (nSPS) is 12.8. The first-order valence-electron chi connectivity index (χ1n) is 18.1. The summed E-state index contributed by atoms with van der Waals surface area (Å²) >= 11 is 0. The van der Waals surface area contributed by atoms with Gasteiger partial charge >= 0.3 is 11.7 Å². The maximum atomic E-state index is 13.9. The Hall–Kier alpha value is -6.27. The highest BCUT2D eigenvalue weighted by Gasteiger charge is 2.31. The van der Waals surface area contributed by atoms with Crippen LogP contribution in [0.3, 0.4) is 0 Å². The second kappa shape index (κ2) is 20.6. The molecule has 9 N–H and O–H groups in total. The number of nitrogens with one attached hydrogen (secondary N) is 4. The second-order valence-electron chi connectivity index (χ2n) is 13.7. The van der Waals surface area contributed by atoms with Crippen molar-refractivity contribution < 1.29 is 41.3 Å². The van der Waals surface area contributed by atoms with Crippen LogP contribution in [0.4, 0.5) is 10.5 Å². The van der Waals surface area contributed by atoms with Crippen molar-refractivity contribution in [3.63, 3.8) is 0 Å². The third kappa shape index (κ3) is 14.7. The lowest BCUT2D eigenvalue weighted by Crippen LogP contribution is -2.57. The molecule has 0 aliphatic heterocycles. The quantitative estimate of drug-likeness (QED) is 0.0237. The predicted molar refractivity (Wildman–Crippen MR) is 213 cm³/mol. The molecule has 0 fully saturated rings. The summed E-state index contributed by atoms with van der Waals surface area (Å²) in [6.07, 6.45) is -0.255. The van der Waals surface area contributed by atoms with Crippen LogP contribution in [-0.4, -0.2) is 67.4 Å². The third-order valence-corrected chi connectivity index (χ3v) is 9.13. The Bertz CT molecular complexity index is 2210. The number of benzene rings is 3. The molecule has 3 atom stereocenters. The number of guanidine groups is 1. The van der Waals surface area contributed by atoms with Crippen molar-refractivity contribution in [1.29, 1.82) is 0 Å². The molecule has 17 nitrogen and oxygen atoms in total. The van der Waals surface area contributed by atoms with Gasteiger partial charge in [-0.3, -0.25) is 23.9 Å². The molecule has 0 spiro atoms. The molecular weight excluding hydrogens is 759 g/mol. The smallest absolute Gasteiger partial charge is 0.408 e. The van der Waals surface area contributed by atoms with Crippen LogP contribution in [-0.2, 0) is 48.0 Å². The van der Waals surface area contributed by atoms with Gasteiger partial charge in [0.15, 0.2) is 5.96 Å². The van der Waals surface area contributed by atoms with E-state index < -0.39 is 63.4 Å². The average Bonchev–Trinajstić information content (AvgIpc) is 3.14. The Kier molecular flexibility index (Phi) is 15.7. The first kappa shape index (κ1) is 43.5. The lowest BCUT2D eigenvalue weighted by atomic mass is 10.0. The number of fused-ring (bicyclic) bond motifs is 1. The van der Waals surface area contributed by atoms with Gasteiger partial charge in [-0.25, -0.2) is 9.59 Å². The Morgan fingerprint density at radius 1 is 0.825 bits per heavy atom. The van der Waals surface area contributed by atoms with E-state index in [1.54, 1.807) is 48.5 Å². The van der Waals surface area contributed by atoms with Gasteiger partial charge in [0.2, 0.25) is 17.7 Å². The highest BCUT2D eigenvalue weighted by molar-refractivity contribution is 7.85. The molecule has 57 heavy (non-hydrogen) atoms. The lowest BCUT2D eigenvalue weighted by Gasteiger charge is -2.26. The number of anilines is 1. The number of carbonyl (C=O) groups excluding carboxylic acids is 4. The zero-order chi connectivity index (χ0) is 41.5. The summed E-state index contributed by atoms with van der Waals surface area (Å²) in [5, 5.41) is 11.0. The first-order chi connectivity index (χ1) is 27.1. The van der Waals surface area contributed by atoms with Crippen molar-refractivity contribution in [2.75, 3.05) is 11.9 Å². The van der Waals surface area contributed by atoms with Crippen molar-refractivity contribution in [1.82, 2.24) is 16.0 Å². The molecule has 0 aliphatic carbocycles. The number of alkyl carbamates (subject to hydrolysis) is 1. The zero-order valence-electron chi connectivity index (χ0n) is 31.5. The molecule has 1 heterocycles. The summed E-state index contributed by atoms with van der Waals surface area (Å²) in [4.78, 5) is 70.6. The number of rotatable bonds is 19. The van der Waals surface area contributed by atoms with Gasteiger partial charge in [0.25, 0.3) is 10.1 Å². The zero-order valence-corrected chi connectivity index (χ0v) is 32.3. The van der Waals surface area contributed by atoms with Gasteiger partial charge in [-0.05, 0) is 54.0 Å². The van der Waals surface area contributed by atoms with Gasteiger partial charge < -0.3 is 41.9 Å². The van der Waals surface area contributed by atoms with Crippen LogP contribution in [0.25, 0.3) is 11.0 Å². The van der Waals surface area contributed by atoms with Crippen LogP contribution in [0.2, 0.25) is 0 Å². The highest BCUT2D eigenvalue weighted by atomic mass is 32.2. The summed E-state index contributed by atoms with van der Waals surface area (Å²) < 4.78 is 43.0. The molecule has 0 bridgehead atoms.